The number of benzene rings is 2. The van der Waals surface area contributed by atoms with Gasteiger partial charge < -0.3 is 0 Å². The van der Waals surface area contributed by atoms with Gasteiger partial charge in [0.1, 0.15) is 11.6 Å². The number of rotatable bonds is 6. The second-order valence-electron chi connectivity index (χ2n) is 6.85. The summed E-state index contributed by atoms with van der Waals surface area (Å²) in [6, 6.07) is 7.11. The van der Waals surface area contributed by atoms with Crippen molar-refractivity contribution in [2.75, 3.05) is 0 Å². The first kappa shape index (κ1) is 23.5. The molecule has 2 aromatic rings. The molecule has 160 valence electrons. The van der Waals surface area contributed by atoms with E-state index < -0.39 is 48.7 Å². The molecule has 0 aliphatic carbocycles. The predicted molar refractivity (Wildman–Crippen MR) is 94.8 cm³/mol. The molecule has 2 atom stereocenters. The van der Waals surface area contributed by atoms with Gasteiger partial charge >= 0.3 is 12.4 Å². The Morgan fingerprint density at radius 3 is 1.34 bits per heavy atom. The van der Waals surface area contributed by atoms with E-state index in [1.807, 2.05) is 0 Å². The molecular weight excluding hydrogens is 424 g/mol. The molecule has 0 aromatic heterocycles. The van der Waals surface area contributed by atoms with Gasteiger partial charge in [-0.05, 0) is 36.1 Å². The Morgan fingerprint density at radius 2 is 1.03 bits per heavy atom. The average Bonchev–Trinajstić information content (AvgIpc) is 2.58. The molecule has 0 fully saturated rings. The van der Waals surface area contributed by atoms with Crippen LogP contribution in [0.1, 0.15) is 25.0 Å². The summed E-state index contributed by atoms with van der Waals surface area (Å²) in [5.41, 5.74) is 0.0239. The summed E-state index contributed by atoms with van der Waals surface area (Å²) in [5.74, 6) is -5.26. The lowest BCUT2D eigenvalue weighted by Crippen LogP contribution is -2.22. The van der Waals surface area contributed by atoms with Crippen molar-refractivity contribution in [2.24, 2.45) is 11.8 Å². The molecule has 0 aliphatic rings. The van der Waals surface area contributed by atoms with Crippen molar-refractivity contribution in [1.29, 1.82) is 0 Å². The third kappa shape index (κ3) is 6.10. The second-order valence-corrected chi connectivity index (χ2v) is 7.87. The first-order valence-electron chi connectivity index (χ1n) is 8.66. The van der Waals surface area contributed by atoms with Crippen molar-refractivity contribution in [3.8, 4) is 0 Å². The maximum absolute atomic E-state index is 14.4. The van der Waals surface area contributed by atoms with Crippen LogP contribution in [-0.4, -0.2) is 12.4 Å². The summed E-state index contributed by atoms with van der Waals surface area (Å²) >= 11 is 0.515. The highest BCUT2D eigenvalue weighted by molar-refractivity contribution is 7.99. The minimum absolute atomic E-state index is 0.0119. The number of halogens is 8. The van der Waals surface area contributed by atoms with Gasteiger partial charge in [0.2, 0.25) is 0 Å². The van der Waals surface area contributed by atoms with Crippen LogP contribution in [0.25, 0.3) is 0 Å². The maximum Gasteiger partial charge on any atom is 0.391 e. The van der Waals surface area contributed by atoms with Gasteiger partial charge in [0.15, 0.2) is 0 Å². The molecule has 2 aromatic carbocycles. The maximum atomic E-state index is 14.4. The Bertz CT molecular complexity index is 772. The van der Waals surface area contributed by atoms with Crippen LogP contribution in [0.15, 0.2) is 46.2 Å². The zero-order valence-electron chi connectivity index (χ0n) is 15.5. The van der Waals surface area contributed by atoms with Gasteiger partial charge in [0.25, 0.3) is 0 Å². The summed E-state index contributed by atoms with van der Waals surface area (Å²) in [5, 5.41) is 0. The van der Waals surface area contributed by atoms with Crippen molar-refractivity contribution in [3.63, 3.8) is 0 Å². The Labute approximate surface area is 167 Å². The quantitative estimate of drug-likeness (QED) is 0.415. The summed E-state index contributed by atoms with van der Waals surface area (Å²) in [6.45, 7) is 1.89. The monoisotopic (exact) mass is 442 g/mol. The van der Waals surface area contributed by atoms with Crippen LogP contribution in [0.2, 0.25) is 0 Å². The smallest absolute Gasteiger partial charge is 0.206 e. The first-order chi connectivity index (χ1) is 13.3. The normalized spacial score (nSPS) is 14.7. The van der Waals surface area contributed by atoms with Gasteiger partial charge in [-0.15, -0.1) is 0 Å². The lowest BCUT2D eigenvalue weighted by atomic mass is 10.0. The molecule has 29 heavy (non-hydrogen) atoms. The van der Waals surface area contributed by atoms with Crippen LogP contribution in [0.3, 0.4) is 0 Å². The SMILES string of the molecule is CC(Cc1cccc(F)c1Sc1c(F)cccc1CC(C)C(F)(F)F)C(F)(F)F. The molecule has 0 spiro atoms. The Balaban J connectivity index is 2.42. The van der Waals surface area contributed by atoms with Crippen LogP contribution in [0.5, 0.6) is 0 Å². The Hall–Kier alpha value is -1.77. The van der Waals surface area contributed by atoms with Crippen LogP contribution in [0.4, 0.5) is 35.1 Å². The Morgan fingerprint density at radius 1 is 0.690 bits per heavy atom. The van der Waals surface area contributed by atoms with Gasteiger partial charge in [-0.3, -0.25) is 0 Å². The van der Waals surface area contributed by atoms with Crippen molar-refractivity contribution in [2.45, 2.75) is 48.8 Å². The lowest BCUT2D eigenvalue weighted by Gasteiger charge is -2.20. The molecule has 2 unspecified atom stereocenters. The molecule has 0 nitrogen and oxygen atoms in total. The zero-order chi connectivity index (χ0) is 22.0. The van der Waals surface area contributed by atoms with E-state index in [-0.39, 0.29) is 20.9 Å². The van der Waals surface area contributed by atoms with E-state index in [9.17, 15) is 35.1 Å². The number of hydrogen-bond acceptors (Lipinski definition) is 1. The van der Waals surface area contributed by atoms with E-state index in [0.29, 0.717) is 11.8 Å². The molecule has 0 N–H and O–H groups in total. The van der Waals surface area contributed by atoms with E-state index in [4.69, 9.17) is 0 Å². The fraction of sp³-hybridized carbons (Fsp3) is 0.400. The molecular formula is C20H18F8S. The van der Waals surface area contributed by atoms with E-state index in [2.05, 4.69) is 0 Å². The van der Waals surface area contributed by atoms with Gasteiger partial charge in [-0.1, -0.05) is 49.9 Å². The van der Waals surface area contributed by atoms with Gasteiger partial charge in [-0.25, -0.2) is 8.78 Å². The molecule has 2 rings (SSSR count). The standard InChI is InChI=1S/C20H18F8S/c1-11(19(23,24)25)9-13-5-3-7-15(21)17(13)29-18-14(6-4-8-16(18)22)10-12(2)20(26,27)28/h3-8,11-12H,9-10H2,1-2H3. The van der Waals surface area contributed by atoms with E-state index in [1.165, 1.54) is 24.3 Å². The second kappa shape index (κ2) is 8.93. The number of hydrogen-bond donors (Lipinski definition) is 0. The average molecular weight is 442 g/mol. The zero-order valence-corrected chi connectivity index (χ0v) is 16.3. The van der Waals surface area contributed by atoms with Crippen LogP contribution >= 0.6 is 11.8 Å². The topological polar surface area (TPSA) is 0 Å². The van der Waals surface area contributed by atoms with Crippen molar-refractivity contribution in [1.82, 2.24) is 0 Å². The molecule has 0 saturated heterocycles. The summed E-state index contributed by atoms with van der Waals surface area (Å²) in [7, 11) is 0. The summed E-state index contributed by atoms with van der Waals surface area (Å²) in [4.78, 5) is -0.454. The van der Waals surface area contributed by atoms with Gasteiger partial charge in [-0.2, -0.15) is 26.3 Å². The summed E-state index contributed by atoms with van der Waals surface area (Å²) < 4.78 is 106. The fourth-order valence-electron chi connectivity index (χ4n) is 2.65. The lowest BCUT2D eigenvalue weighted by molar-refractivity contribution is -0.169. The largest absolute Gasteiger partial charge is 0.391 e. The van der Waals surface area contributed by atoms with Crippen LogP contribution in [0, 0.1) is 23.5 Å². The highest BCUT2D eigenvalue weighted by Crippen LogP contribution is 2.40. The van der Waals surface area contributed by atoms with E-state index >= 15 is 0 Å². The minimum atomic E-state index is -4.50. The van der Waals surface area contributed by atoms with Crippen molar-refractivity contribution >= 4 is 11.8 Å². The molecule has 0 heterocycles. The van der Waals surface area contributed by atoms with Crippen molar-refractivity contribution in [3.05, 3.63) is 59.2 Å². The van der Waals surface area contributed by atoms with Gasteiger partial charge in [0.05, 0.1) is 21.6 Å². The van der Waals surface area contributed by atoms with Crippen LogP contribution < -0.4 is 0 Å². The summed E-state index contributed by atoms with van der Waals surface area (Å²) in [6.07, 6.45) is -10.1. The predicted octanol–water partition coefficient (Wildman–Crippen LogP) is 7.60. The molecule has 0 radical (unpaired) electrons. The van der Waals surface area contributed by atoms with Crippen LogP contribution in [-0.2, 0) is 12.8 Å². The molecule has 9 heteroatoms. The molecule has 0 saturated carbocycles. The Kier molecular flexibility index (Phi) is 7.24. The third-order valence-electron chi connectivity index (χ3n) is 4.47. The fourth-order valence-corrected chi connectivity index (χ4v) is 3.75. The molecule has 0 amide bonds. The molecule has 0 bridgehead atoms. The van der Waals surface area contributed by atoms with Gasteiger partial charge in [0, 0.05) is 0 Å². The highest BCUT2D eigenvalue weighted by Gasteiger charge is 2.37. The minimum Gasteiger partial charge on any atom is -0.206 e. The number of alkyl halides is 6. The van der Waals surface area contributed by atoms with E-state index in [0.717, 1.165) is 26.0 Å². The third-order valence-corrected chi connectivity index (χ3v) is 5.79. The highest BCUT2D eigenvalue weighted by atomic mass is 32.2. The van der Waals surface area contributed by atoms with Crippen molar-refractivity contribution < 1.29 is 35.1 Å². The first-order valence-corrected chi connectivity index (χ1v) is 9.48. The van der Waals surface area contributed by atoms with E-state index in [1.54, 1.807) is 0 Å². The molecule has 0 aliphatic heterocycles.